The van der Waals surface area contributed by atoms with Gasteiger partial charge in [-0.25, -0.2) is 0 Å². The van der Waals surface area contributed by atoms with Crippen LogP contribution in [0.25, 0.3) is 0 Å². The van der Waals surface area contributed by atoms with Crippen LogP contribution in [-0.4, -0.2) is 0 Å². The van der Waals surface area contributed by atoms with Crippen molar-refractivity contribution in [1.82, 2.24) is 0 Å². The van der Waals surface area contributed by atoms with Gasteiger partial charge in [-0.05, 0) is 136 Å². The number of rotatable bonds is 9. The molecule has 0 spiro atoms. The number of benzene rings is 6. The van der Waals surface area contributed by atoms with Crippen molar-refractivity contribution in [2.45, 2.75) is 71.6 Å². The molecular formula is C47H48N2. The monoisotopic (exact) mass is 640 g/mol. The maximum absolute atomic E-state index is 2.42. The lowest BCUT2D eigenvalue weighted by Gasteiger charge is -2.39. The first kappa shape index (κ1) is 32.5. The van der Waals surface area contributed by atoms with E-state index in [1.807, 2.05) is 0 Å². The van der Waals surface area contributed by atoms with Gasteiger partial charge in [0.25, 0.3) is 0 Å². The minimum absolute atomic E-state index is 0.143. The lowest BCUT2D eigenvalue weighted by molar-refractivity contribution is 0.290. The van der Waals surface area contributed by atoms with Crippen LogP contribution in [0.2, 0.25) is 0 Å². The molecule has 0 heterocycles. The van der Waals surface area contributed by atoms with Gasteiger partial charge < -0.3 is 9.80 Å². The van der Waals surface area contributed by atoms with E-state index in [9.17, 15) is 0 Å². The van der Waals surface area contributed by atoms with Crippen LogP contribution in [0.15, 0.2) is 146 Å². The van der Waals surface area contributed by atoms with E-state index < -0.39 is 0 Å². The molecule has 0 saturated heterocycles. The minimum Gasteiger partial charge on any atom is -0.311 e. The van der Waals surface area contributed by atoms with Crippen molar-refractivity contribution >= 4 is 34.1 Å². The molecule has 7 rings (SSSR count). The van der Waals surface area contributed by atoms with Crippen LogP contribution in [0.5, 0.6) is 0 Å². The summed E-state index contributed by atoms with van der Waals surface area (Å²) in [5.41, 5.74) is 15.2. The van der Waals surface area contributed by atoms with Crippen molar-refractivity contribution in [3.05, 3.63) is 179 Å². The first-order chi connectivity index (χ1) is 23.9. The Morgan fingerprint density at radius 3 is 0.980 bits per heavy atom. The van der Waals surface area contributed by atoms with Gasteiger partial charge in [0.15, 0.2) is 0 Å². The molecule has 1 aliphatic rings. The fraction of sp³-hybridized carbons (Fsp3) is 0.234. The molecule has 6 aromatic carbocycles. The minimum atomic E-state index is 0.143. The molecule has 0 aromatic heterocycles. The Hall–Kier alpha value is -5.08. The molecule has 49 heavy (non-hydrogen) atoms. The van der Waals surface area contributed by atoms with Crippen LogP contribution in [0.4, 0.5) is 34.1 Å². The quantitative estimate of drug-likeness (QED) is 0.155. The van der Waals surface area contributed by atoms with Gasteiger partial charge in [-0.2, -0.15) is 0 Å². The lowest BCUT2D eigenvalue weighted by atomic mass is 9.66. The molecule has 0 bridgehead atoms. The molecule has 6 aromatic rings. The summed E-state index contributed by atoms with van der Waals surface area (Å²) in [4.78, 5) is 4.74. The molecule has 0 aliphatic heterocycles. The molecule has 2 nitrogen and oxygen atoms in total. The average Bonchev–Trinajstić information content (AvgIpc) is 3.13. The predicted octanol–water partition coefficient (Wildman–Crippen LogP) is 13.3. The zero-order valence-corrected chi connectivity index (χ0v) is 29.5. The summed E-state index contributed by atoms with van der Waals surface area (Å²) in [6.45, 7) is 8.59. The number of nitrogens with zero attached hydrogens (tertiary/aromatic N) is 2. The van der Waals surface area contributed by atoms with E-state index >= 15 is 0 Å². The Kier molecular flexibility index (Phi) is 9.40. The first-order valence-electron chi connectivity index (χ1n) is 17.9. The largest absolute Gasteiger partial charge is 0.311 e. The molecule has 0 radical (unpaired) electrons. The molecule has 1 fully saturated rings. The Morgan fingerprint density at radius 1 is 0.367 bits per heavy atom. The highest BCUT2D eigenvalue weighted by atomic mass is 15.1. The van der Waals surface area contributed by atoms with Crippen molar-refractivity contribution < 1.29 is 0 Å². The molecule has 0 N–H and O–H groups in total. The second kappa shape index (κ2) is 14.2. The van der Waals surface area contributed by atoms with E-state index in [1.54, 1.807) is 0 Å². The third-order valence-corrected chi connectivity index (χ3v) is 10.5. The van der Waals surface area contributed by atoms with Gasteiger partial charge in [-0.1, -0.05) is 114 Å². The van der Waals surface area contributed by atoms with E-state index in [-0.39, 0.29) is 5.41 Å². The topological polar surface area (TPSA) is 6.48 Å². The molecule has 0 unspecified atom stereocenters. The van der Waals surface area contributed by atoms with Gasteiger partial charge in [0.2, 0.25) is 0 Å². The average molecular weight is 641 g/mol. The second-order valence-corrected chi connectivity index (χ2v) is 14.2. The lowest BCUT2D eigenvalue weighted by Crippen LogP contribution is -2.31. The van der Waals surface area contributed by atoms with Crippen molar-refractivity contribution in [1.29, 1.82) is 0 Å². The fourth-order valence-electron chi connectivity index (χ4n) is 7.58. The third-order valence-electron chi connectivity index (χ3n) is 10.5. The Labute approximate surface area is 293 Å². The molecule has 0 atom stereocenters. The van der Waals surface area contributed by atoms with Gasteiger partial charge in [0.1, 0.15) is 0 Å². The van der Waals surface area contributed by atoms with Crippen molar-refractivity contribution in [3.8, 4) is 0 Å². The zero-order valence-electron chi connectivity index (χ0n) is 29.5. The SMILES string of the molecule is Cc1ccc(N(c2ccc(C)cc2)c2ccc(CC3(c4ccc(N(c5ccc(C)cc5)c5ccc(C)cc5)cc4)CCCCC3)cc2)cc1. The summed E-state index contributed by atoms with van der Waals surface area (Å²) in [7, 11) is 0. The summed E-state index contributed by atoms with van der Waals surface area (Å²) >= 11 is 0. The maximum atomic E-state index is 2.42. The highest BCUT2D eigenvalue weighted by Crippen LogP contribution is 2.44. The predicted molar refractivity (Wildman–Crippen MR) is 210 cm³/mol. The van der Waals surface area contributed by atoms with E-state index in [0.717, 1.165) is 6.42 Å². The third kappa shape index (κ3) is 7.20. The Balaban J connectivity index is 1.19. The zero-order chi connectivity index (χ0) is 33.8. The van der Waals surface area contributed by atoms with Crippen LogP contribution in [-0.2, 0) is 11.8 Å². The Bertz CT molecular complexity index is 1860. The summed E-state index contributed by atoms with van der Waals surface area (Å²) in [6, 6.07) is 54.3. The molecule has 2 heteroatoms. The van der Waals surface area contributed by atoms with Crippen molar-refractivity contribution in [2.24, 2.45) is 0 Å². The van der Waals surface area contributed by atoms with E-state index in [0.29, 0.717) is 0 Å². The van der Waals surface area contributed by atoms with Crippen LogP contribution in [0.3, 0.4) is 0 Å². The van der Waals surface area contributed by atoms with E-state index in [2.05, 4.69) is 183 Å². The van der Waals surface area contributed by atoms with Gasteiger partial charge in [-0.3, -0.25) is 0 Å². The normalized spacial score (nSPS) is 14.0. The smallest absolute Gasteiger partial charge is 0.0461 e. The van der Waals surface area contributed by atoms with Gasteiger partial charge in [-0.15, -0.1) is 0 Å². The second-order valence-electron chi connectivity index (χ2n) is 14.2. The maximum Gasteiger partial charge on any atom is 0.0461 e. The molecule has 246 valence electrons. The molecule has 1 aliphatic carbocycles. The highest BCUT2D eigenvalue weighted by molar-refractivity contribution is 5.78. The van der Waals surface area contributed by atoms with Gasteiger partial charge in [0, 0.05) is 34.1 Å². The van der Waals surface area contributed by atoms with Crippen molar-refractivity contribution in [2.75, 3.05) is 9.80 Å². The summed E-state index contributed by atoms with van der Waals surface area (Å²) in [5.74, 6) is 0. The number of aryl methyl sites for hydroxylation is 4. The van der Waals surface area contributed by atoms with Crippen LogP contribution in [0.1, 0.15) is 65.5 Å². The fourth-order valence-corrected chi connectivity index (χ4v) is 7.58. The molecule has 1 saturated carbocycles. The summed E-state index contributed by atoms with van der Waals surface area (Å²) in [6.07, 6.45) is 7.41. The standard InChI is InChI=1S/C47H48N2/c1-35-8-20-41(21-9-35)48(42-22-10-36(2)11-23-42)45-28-16-39(17-29-45)34-47(32-6-5-7-33-47)40-18-30-46(31-19-40)49(43-24-12-37(3)13-25-43)44-26-14-38(4)15-27-44/h8-31H,5-7,32-34H2,1-4H3. The summed E-state index contributed by atoms with van der Waals surface area (Å²) in [5, 5.41) is 0. The first-order valence-corrected chi connectivity index (χ1v) is 17.9. The Morgan fingerprint density at radius 2 is 0.653 bits per heavy atom. The number of hydrogen-bond donors (Lipinski definition) is 0. The van der Waals surface area contributed by atoms with Crippen LogP contribution >= 0.6 is 0 Å². The summed E-state index contributed by atoms with van der Waals surface area (Å²) < 4.78 is 0. The van der Waals surface area contributed by atoms with Gasteiger partial charge in [0.05, 0.1) is 0 Å². The molecule has 0 amide bonds. The van der Waals surface area contributed by atoms with E-state index in [4.69, 9.17) is 0 Å². The van der Waals surface area contributed by atoms with Crippen LogP contribution < -0.4 is 9.80 Å². The molecular weight excluding hydrogens is 593 g/mol. The number of anilines is 6. The van der Waals surface area contributed by atoms with E-state index in [1.165, 1.54) is 99.6 Å². The van der Waals surface area contributed by atoms with Gasteiger partial charge >= 0.3 is 0 Å². The highest BCUT2D eigenvalue weighted by Gasteiger charge is 2.34. The van der Waals surface area contributed by atoms with Crippen molar-refractivity contribution in [3.63, 3.8) is 0 Å². The number of hydrogen-bond acceptors (Lipinski definition) is 2. The van der Waals surface area contributed by atoms with Crippen LogP contribution in [0, 0.1) is 27.7 Å².